The van der Waals surface area contributed by atoms with Crippen LogP contribution in [0, 0.1) is 26.6 Å². The monoisotopic (exact) mass is 471 g/mol. The van der Waals surface area contributed by atoms with Crippen molar-refractivity contribution in [2.24, 2.45) is 0 Å². The molecule has 3 N–H and O–H groups in total. The molecular weight excluding hydrogens is 445 g/mol. The average molecular weight is 472 g/mol. The Morgan fingerprint density at radius 1 is 0.829 bits per heavy atom. The Morgan fingerprint density at radius 3 is 2.20 bits per heavy atom. The topological polar surface area (TPSA) is 83.4 Å². The molecule has 0 aliphatic rings. The molecule has 1 unspecified atom stereocenters. The Kier molecular flexibility index (Phi) is 6.96. The third-order valence-electron chi connectivity index (χ3n) is 5.51. The van der Waals surface area contributed by atoms with Crippen LogP contribution in [0.2, 0.25) is 0 Å². The Hall–Kier alpha value is -4.39. The van der Waals surface area contributed by atoms with Gasteiger partial charge < -0.3 is 20.4 Å². The first-order valence-corrected chi connectivity index (χ1v) is 11.2. The third kappa shape index (κ3) is 5.76. The molecule has 0 bridgehead atoms. The van der Waals surface area contributed by atoms with Crippen LogP contribution in [0.4, 0.5) is 21.5 Å². The first-order valence-electron chi connectivity index (χ1n) is 11.2. The van der Waals surface area contributed by atoms with Gasteiger partial charge in [0.2, 0.25) is 0 Å². The Bertz CT molecular complexity index is 1340. The molecule has 4 aromatic rings. The quantitative estimate of drug-likeness (QED) is 0.292. The molecule has 3 aromatic carbocycles. The first kappa shape index (κ1) is 23.8. The van der Waals surface area contributed by atoms with Gasteiger partial charge in [0, 0.05) is 11.4 Å². The molecular formula is C28H26FN3O3. The zero-order valence-electron chi connectivity index (χ0n) is 19.7. The molecule has 0 saturated heterocycles. The normalized spacial score (nSPS) is 11.5. The van der Waals surface area contributed by atoms with Gasteiger partial charge in [0.1, 0.15) is 17.6 Å². The lowest BCUT2D eigenvalue weighted by atomic mass is 10.0. The molecule has 4 rings (SSSR count). The minimum Gasteiger partial charge on any atom is -0.469 e. The molecule has 0 fully saturated rings. The van der Waals surface area contributed by atoms with Gasteiger partial charge in [0.15, 0.2) is 0 Å². The summed E-state index contributed by atoms with van der Waals surface area (Å²) in [5.41, 5.74) is 4.28. The van der Waals surface area contributed by atoms with Crippen molar-refractivity contribution in [1.29, 1.82) is 0 Å². The van der Waals surface area contributed by atoms with Crippen molar-refractivity contribution in [3.05, 3.63) is 113 Å². The van der Waals surface area contributed by atoms with E-state index < -0.39 is 17.8 Å². The van der Waals surface area contributed by atoms with Crippen molar-refractivity contribution < 1.29 is 18.4 Å². The molecule has 2 amide bonds. The Balaban J connectivity index is 1.59. The lowest BCUT2D eigenvalue weighted by molar-refractivity contribution is -0.117. The van der Waals surface area contributed by atoms with Gasteiger partial charge >= 0.3 is 0 Å². The maximum absolute atomic E-state index is 14.5. The van der Waals surface area contributed by atoms with Crippen LogP contribution >= 0.6 is 0 Å². The second-order valence-electron chi connectivity index (χ2n) is 8.39. The number of rotatable bonds is 7. The number of carbonyl (C=O) groups excluding carboxylic acids is 2. The fraction of sp³-hybridized carbons (Fsp3) is 0.143. The third-order valence-corrected chi connectivity index (χ3v) is 5.51. The van der Waals surface area contributed by atoms with E-state index in [4.69, 9.17) is 4.42 Å². The van der Waals surface area contributed by atoms with Crippen molar-refractivity contribution in [3.63, 3.8) is 0 Å². The van der Waals surface area contributed by atoms with E-state index in [1.807, 2.05) is 62.4 Å². The highest BCUT2D eigenvalue weighted by atomic mass is 19.1. The SMILES string of the molecule is Cc1cc(C)cc(NC(=O)C(Nc2ccc(F)c(NC(=O)c3ccoc3C)c2)c2ccccc2)c1. The number of aryl methyl sites for hydroxylation is 3. The predicted molar refractivity (Wildman–Crippen MR) is 135 cm³/mol. The molecule has 1 atom stereocenters. The second kappa shape index (κ2) is 10.3. The zero-order valence-corrected chi connectivity index (χ0v) is 19.7. The van der Waals surface area contributed by atoms with Crippen LogP contribution in [0.1, 0.15) is 38.9 Å². The van der Waals surface area contributed by atoms with Crippen LogP contribution in [0.3, 0.4) is 0 Å². The average Bonchev–Trinajstić information content (AvgIpc) is 3.25. The smallest absolute Gasteiger partial charge is 0.259 e. The summed E-state index contributed by atoms with van der Waals surface area (Å²) in [5, 5.41) is 8.73. The molecule has 0 radical (unpaired) electrons. The maximum Gasteiger partial charge on any atom is 0.259 e. The number of nitrogens with one attached hydrogen (secondary N) is 3. The molecule has 0 spiro atoms. The number of halogens is 1. The van der Waals surface area contributed by atoms with Crippen LogP contribution in [0.25, 0.3) is 0 Å². The summed E-state index contributed by atoms with van der Waals surface area (Å²) < 4.78 is 19.7. The van der Waals surface area contributed by atoms with E-state index >= 15 is 0 Å². The summed E-state index contributed by atoms with van der Waals surface area (Å²) in [7, 11) is 0. The van der Waals surface area contributed by atoms with Crippen LogP contribution < -0.4 is 16.0 Å². The summed E-state index contributed by atoms with van der Waals surface area (Å²) in [6, 6.07) is 20.0. The molecule has 6 nitrogen and oxygen atoms in total. The van der Waals surface area contributed by atoms with E-state index in [-0.39, 0.29) is 11.6 Å². The van der Waals surface area contributed by atoms with Gasteiger partial charge in [-0.3, -0.25) is 9.59 Å². The number of furan rings is 1. The number of amides is 2. The minimum absolute atomic E-state index is 0.0119. The standard InChI is InChI=1S/C28H26FN3O3/c1-17-13-18(2)15-22(14-17)31-28(34)26(20-7-5-4-6-8-20)30-21-9-10-24(29)25(16-21)32-27(33)23-11-12-35-19(23)3/h4-16,26,30H,1-3H3,(H,31,34)(H,32,33). The summed E-state index contributed by atoms with van der Waals surface area (Å²) in [6.45, 7) is 5.59. The number of anilines is 3. The predicted octanol–water partition coefficient (Wildman–Crippen LogP) is 6.39. The van der Waals surface area contributed by atoms with E-state index in [2.05, 4.69) is 16.0 Å². The van der Waals surface area contributed by atoms with Crippen LogP contribution in [0.15, 0.2) is 83.5 Å². The van der Waals surface area contributed by atoms with Crippen LogP contribution in [-0.2, 0) is 4.79 Å². The van der Waals surface area contributed by atoms with E-state index in [9.17, 15) is 14.0 Å². The van der Waals surface area contributed by atoms with Gasteiger partial charge in [-0.1, -0.05) is 36.4 Å². The Labute approximate surface area is 203 Å². The van der Waals surface area contributed by atoms with E-state index in [0.717, 1.165) is 16.7 Å². The molecule has 0 aliphatic carbocycles. The van der Waals surface area contributed by atoms with Crippen molar-refractivity contribution in [2.45, 2.75) is 26.8 Å². The van der Waals surface area contributed by atoms with Gasteiger partial charge in [0.25, 0.3) is 11.8 Å². The molecule has 1 heterocycles. The summed E-state index contributed by atoms with van der Waals surface area (Å²) in [6.07, 6.45) is 1.40. The van der Waals surface area contributed by atoms with Crippen molar-refractivity contribution in [2.75, 3.05) is 16.0 Å². The number of hydrogen-bond acceptors (Lipinski definition) is 4. The molecule has 178 valence electrons. The molecule has 7 heteroatoms. The number of carbonyl (C=O) groups is 2. The lowest BCUT2D eigenvalue weighted by Crippen LogP contribution is -2.27. The summed E-state index contributed by atoms with van der Waals surface area (Å²) >= 11 is 0. The van der Waals surface area contributed by atoms with Crippen molar-refractivity contribution in [1.82, 2.24) is 0 Å². The molecule has 1 aromatic heterocycles. The van der Waals surface area contributed by atoms with E-state index in [0.29, 0.717) is 22.7 Å². The van der Waals surface area contributed by atoms with Gasteiger partial charge in [-0.2, -0.15) is 0 Å². The largest absolute Gasteiger partial charge is 0.469 e. The van der Waals surface area contributed by atoms with Gasteiger partial charge in [0.05, 0.1) is 17.5 Å². The molecule has 35 heavy (non-hydrogen) atoms. The number of benzene rings is 3. The van der Waals surface area contributed by atoms with Gasteiger partial charge in [-0.15, -0.1) is 0 Å². The lowest BCUT2D eigenvalue weighted by Gasteiger charge is -2.21. The molecule has 0 aliphatic heterocycles. The van der Waals surface area contributed by atoms with Crippen LogP contribution in [0.5, 0.6) is 0 Å². The van der Waals surface area contributed by atoms with Gasteiger partial charge in [-0.05, 0) is 73.9 Å². The van der Waals surface area contributed by atoms with Crippen molar-refractivity contribution >= 4 is 28.9 Å². The van der Waals surface area contributed by atoms with Gasteiger partial charge in [-0.25, -0.2) is 4.39 Å². The highest BCUT2D eigenvalue weighted by molar-refractivity contribution is 6.05. The fourth-order valence-corrected chi connectivity index (χ4v) is 3.89. The van der Waals surface area contributed by atoms with Crippen molar-refractivity contribution in [3.8, 4) is 0 Å². The van der Waals surface area contributed by atoms with Crippen LogP contribution in [-0.4, -0.2) is 11.8 Å². The zero-order chi connectivity index (χ0) is 24.9. The fourth-order valence-electron chi connectivity index (χ4n) is 3.89. The molecule has 0 saturated carbocycles. The minimum atomic E-state index is -0.762. The Morgan fingerprint density at radius 2 is 1.54 bits per heavy atom. The number of hydrogen-bond donors (Lipinski definition) is 3. The first-order chi connectivity index (χ1) is 16.8. The highest BCUT2D eigenvalue weighted by Crippen LogP contribution is 2.26. The summed E-state index contributed by atoms with van der Waals surface area (Å²) in [5.74, 6) is -0.921. The second-order valence-corrected chi connectivity index (χ2v) is 8.39. The van der Waals surface area contributed by atoms with E-state index in [1.165, 1.54) is 30.5 Å². The highest BCUT2D eigenvalue weighted by Gasteiger charge is 2.22. The maximum atomic E-state index is 14.5. The summed E-state index contributed by atoms with van der Waals surface area (Å²) in [4.78, 5) is 25.9. The van der Waals surface area contributed by atoms with E-state index in [1.54, 1.807) is 6.92 Å².